The van der Waals surface area contributed by atoms with Crippen molar-refractivity contribution >= 4 is 27.4 Å². The zero-order valence-electron chi connectivity index (χ0n) is 10.2. The first-order valence-corrected chi connectivity index (χ1v) is 7.49. The summed E-state index contributed by atoms with van der Waals surface area (Å²) in [5.74, 6) is 0.973. The second kappa shape index (κ2) is 5.22. The lowest BCUT2D eigenvalue weighted by atomic mass is 10.0. The first-order chi connectivity index (χ1) is 8.90. The summed E-state index contributed by atoms with van der Waals surface area (Å²) in [5.41, 5.74) is 0.860. The van der Waals surface area contributed by atoms with Crippen LogP contribution in [0.2, 0.25) is 0 Å². The van der Waals surface area contributed by atoms with Gasteiger partial charge >= 0.3 is 0 Å². The van der Waals surface area contributed by atoms with Gasteiger partial charge in [-0.25, -0.2) is 4.98 Å². The van der Waals surface area contributed by atoms with E-state index in [1.807, 2.05) is 16.8 Å². The molecule has 1 aliphatic heterocycles. The molecule has 1 atom stereocenters. The van der Waals surface area contributed by atoms with Gasteiger partial charge in [0.05, 0.1) is 0 Å². The smallest absolute Gasteiger partial charge is 0.203 e. The van der Waals surface area contributed by atoms with Gasteiger partial charge in [0.2, 0.25) is 5.65 Å². The summed E-state index contributed by atoms with van der Waals surface area (Å²) in [7, 11) is 0. The average Bonchev–Trinajstić information content (AvgIpc) is 2.88. The second-order valence-corrected chi connectivity index (χ2v) is 5.43. The van der Waals surface area contributed by atoms with E-state index in [2.05, 4.69) is 36.0 Å². The fourth-order valence-corrected chi connectivity index (χ4v) is 3.18. The summed E-state index contributed by atoms with van der Waals surface area (Å²) in [6, 6.07) is 0.563. The second-order valence-electron chi connectivity index (χ2n) is 4.63. The molecule has 0 radical (unpaired) electrons. The summed E-state index contributed by atoms with van der Waals surface area (Å²) < 4.78 is 1.93. The van der Waals surface area contributed by atoms with Gasteiger partial charge < -0.3 is 4.90 Å². The molecule has 2 aromatic rings. The van der Waals surface area contributed by atoms with Gasteiger partial charge in [-0.05, 0) is 25.7 Å². The van der Waals surface area contributed by atoms with Crippen LogP contribution in [0.3, 0.4) is 0 Å². The van der Waals surface area contributed by atoms with E-state index >= 15 is 0 Å². The van der Waals surface area contributed by atoms with Crippen molar-refractivity contribution < 1.29 is 0 Å². The predicted molar refractivity (Wildman–Crippen MR) is 74.2 cm³/mol. The van der Waals surface area contributed by atoms with Crippen LogP contribution in [0.5, 0.6) is 0 Å². The zero-order chi connectivity index (χ0) is 12.4. The van der Waals surface area contributed by atoms with Crippen molar-refractivity contribution in [2.24, 2.45) is 0 Å². The first-order valence-electron chi connectivity index (χ1n) is 6.37. The molecular formula is C12H16BrN5. The van der Waals surface area contributed by atoms with Gasteiger partial charge in [-0.3, -0.25) is 4.40 Å². The van der Waals surface area contributed by atoms with Crippen LogP contribution in [0.1, 0.15) is 25.7 Å². The fraction of sp³-hybridized carbons (Fsp3) is 0.583. The normalized spacial score (nSPS) is 20.5. The molecule has 0 spiro atoms. The Morgan fingerprint density at radius 2 is 2.33 bits per heavy atom. The largest absolute Gasteiger partial charge is 0.350 e. The molecule has 6 heteroatoms. The number of rotatable bonds is 3. The van der Waals surface area contributed by atoms with Crippen LogP contribution in [0.4, 0.5) is 5.82 Å². The van der Waals surface area contributed by atoms with Crippen LogP contribution < -0.4 is 4.90 Å². The third-order valence-corrected chi connectivity index (χ3v) is 4.00. The van der Waals surface area contributed by atoms with E-state index in [0.717, 1.165) is 29.8 Å². The van der Waals surface area contributed by atoms with Gasteiger partial charge in [0.25, 0.3) is 0 Å². The van der Waals surface area contributed by atoms with Crippen molar-refractivity contribution in [3.63, 3.8) is 0 Å². The molecule has 0 aromatic carbocycles. The van der Waals surface area contributed by atoms with E-state index in [4.69, 9.17) is 0 Å². The van der Waals surface area contributed by atoms with Crippen LogP contribution in [-0.2, 0) is 0 Å². The Morgan fingerprint density at radius 1 is 1.39 bits per heavy atom. The highest BCUT2D eigenvalue weighted by Gasteiger charge is 2.25. The average molecular weight is 310 g/mol. The highest BCUT2D eigenvalue weighted by atomic mass is 79.9. The van der Waals surface area contributed by atoms with Crippen molar-refractivity contribution in [1.82, 2.24) is 19.6 Å². The number of aromatic nitrogens is 4. The Hall–Kier alpha value is -1.17. The molecule has 1 aliphatic rings. The highest BCUT2D eigenvalue weighted by Crippen LogP contribution is 2.27. The van der Waals surface area contributed by atoms with Crippen molar-refractivity contribution in [3.05, 3.63) is 18.7 Å². The van der Waals surface area contributed by atoms with Gasteiger partial charge in [0.15, 0.2) is 5.82 Å². The van der Waals surface area contributed by atoms with Crippen molar-refractivity contribution in [1.29, 1.82) is 0 Å². The van der Waals surface area contributed by atoms with Crippen LogP contribution in [0, 0.1) is 0 Å². The molecular weight excluding hydrogens is 294 g/mol. The minimum absolute atomic E-state index is 0.563. The van der Waals surface area contributed by atoms with Gasteiger partial charge in [-0.2, -0.15) is 0 Å². The maximum absolute atomic E-state index is 4.52. The third-order valence-electron chi connectivity index (χ3n) is 3.54. The minimum Gasteiger partial charge on any atom is -0.350 e. The Balaban J connectivity index is 1.98. The number of halogens is 1. The van der Waals surface area contributed by atoms with Crippen LogP contribution in [0.25, 0.3) is 5.65 Å². The lowest BCUT2D eigenvalue weighted by molar-refractivity contribution is 0.450. The molecule has 96 valence electrons. The topological polar surface area (TPSA) is 46.3 Å². The quantitative estimate of drug-likeness (QED) is 0.816. The molecule has 0 N–H and O–H groups in total. The third kappa shape index (κ3) is 2.09. The number of nitrogens with zero attached hydrogens (tertiary/aromatic N) is 5. The molecule has 0 aliphatic carbocycles. The van der Waals surface area contributed by atoms with E-state index in [-0.39, 0.29) is 0 Å². The van der Waals surface area contributed by atoms with Gasteiger partial charge in [0, 0.05) is 30.3 Å². The van der Waals surface area contributed by atoms with Crippen LogP contribution in [-0.4, -0.2) is 37.5 Å². The molecule has 3 rings (SSSR count). The van der Waals surface area contributed by atoms with Gasteiger partial charge in [-0.1, -0.05) is 15.9 Å². The number of anilines is 1. The zero-order valence-corrected chi connectivity index (χ0v) is 11.8. The van der Waals surface area contributed by atoms with Crippen LogP contribution in [0.15, 0.2) is 18.7 Å². The predicted octanol–water partition coefficient (Wildman–Crippen LogP) is 2.27. The molecule has 1 saturated heterocycles. The van der Waals surface area contributed by atoms with Crippen molar-refractivity contribution in [2.45, 2.75) is 31.7 Å². The number of hydrogen-bond donors (Lipinski definition) is 0. The molecule has 5 nitrogen and oxygen atoms in total. The van der Waals surface area contributed by atoms with E-state index in [9.17, 15) is 0 Å². The molecule has 3 heterocycles. The first kappa shape index (κ1) is 11.9. The monoisotopic (exact) mass is 309 g/mol. The number of piperidine rings is 1. The standard InChI is InChI=1S/C12H16BrN5/c13-5-4-10-3-1-2-7-18(10)11-12-16-15-9-17(12)8-6-14-11/h6,8-10H,1-5,7H2. The maximum atomic E-state index is 4.52. The molecule has 2 aromatic heterocycles. The Bertz CT molecular complexity index is 524. The maximum Gasteiger partial charge on any atom is 0.203 e. The molecule has 0 bridgehead atoms. The number of alkyl halides is 1. The van der Waals surface area contributed by atoms with Crippen molar-refractivity contribution in [3.8, 4) is 0 Å². The van der Waals surface area contributed by atoms with Gasteiger partial charge in [-0.15, -0.1) is 10.2 Å². The Labute approximate surface area is 114 Å². The molecule has 18 heavy (non-hydrogen) atoms. The lowest BCUT2D eigenvalue weighted by Crippen LogP contribution is -2.40. The molecule has 1 unspecified atom stereocenters. The molecule has 0 saturated carbocycles. The SMILES string of the molecule is BrCCC1CCCCN1c1nccn2cnnc12. The molecule has 0 amide bonds. The fourth-order valence-electron chi connectivity index (χ4n) is 2.65. The summed E-state index contributed by atoms with van der Waals surface area (Å²) in [5, 5.41) is 9.18. The van der Waals surface area contributed by atoms with Crippen LogP contribution >= 0.6 is 15.9 Å². The summed E-state index contributed by atoms with van der Waals surface area (Å²) in [4.78, 5) is 6.92. The van der Waals surface area contributed by atoms with Crippen molar-refractivity contribution in [2.75, 3.05) is 16.8 Å². The van der Waals surface area contributed by atoms with E-state index in [1.165, 1.54) is 19.3 Å². The molecule has 1 fully saturated rings. The van der Waals surface area contributed by atoms with E-state index < -0.39 is 0 Å². The number of hydrogen-bond acceptors (Lipinski definition) is 4. The Kier molecular flexibility index (Phi) is 3.45. The van der Waals surface area contributed by atoms with Gasteiger partial charge in [0.1, 0.15) is 6.33 Å². The summed E-state index contributed by atoms with van der Waals surface area (Å²) in [6.07, 6.45) is 10.4. The number of fused-ring (bicyclic) bond motifs is 1. The van der Waals surface area contributed by atoms with E-state index in [1.54, 1.807) is 6.33 Å². The Morgan fingerprint density at radius 3 is 3.22 bits per heavy atom. The summed E-state index contributed by atoms with van der Waals surface area (Å²) in [6.45, 7) is 1.07. The lowest BCUT2D eigenvalue weighted by Gasteiger charge is -2.36. The summed E-state index contributed by atoms with van der Waals surface area (Å²) >= 11 is 3.55. The van der Waals surface area contributed by atoms with E-state index in [0.29, 0.717) is 6.04 Å². The minimum atomic E-state index is 0.563. The highest BCUT2D eigenvalue weighted by molar-refractivity contribution is 9.09.